The molecule has 1 aliphatic rings. The Bertz CT molecular complexity index is 534. The fraction of sp³-hybridized carbons (Fsp3) is 0.611. The number of aromatic hydroxyl groups is 1. The van der Waals surface area contributed by atoms with Crippen LogP contribution in [-0.4, -0.2) is 30.8 Å². The summed E-state index contributed by atoms with van der Waals surface area (Å²) in [6.07, 6.45) is 5.03. The van der Waals surface area contributed by atoms with E-state index in [9.17, 15) is 9.90 Å². The van der Waals surface area contributed by atoms with E-state index in [4.69, 9.17) is 4.74 Å². The third-order valence-corrected chi connectivity index (χ3v) is 4.29. The van der Waals surface area contributed by atoms with Gasteiger partial charge in [0.05, 0.1) is 6.61 Å². The molecule has 22 heavy (non-hydrogen) atoms. The van der Waals surface area contributed by atoms with Crippen molar-refractivity contribution in [1.82, 2.24) is 0 Å². The molecule has 0 atom stereocenters. The van der Waals surface area contributed by atoms with Crippen molar-refractivity contribution in [2.75, 3.05) is 24.6 Å². The predicted octanol–water partition coefficient (Wildman–Crippen LogP) is 3.68. The standard InChI is InChI=1S/C18H27NO3/c1-4-9-14-13(5-2)17(20)15(18(21)22-6-3)12-16(14)19-10-7-8-11-19/h12,20H,4-11H2,1-3H3. The first-order valence-electron chi connectivity index (χ1n) is 8.43. The van der Waals surface area contributed by atoms with Crippen molar-refractivity contribution in [3.8, 4) is 5.75 Å². The maximum atomic E-state index is 12.2. The number of phenols is 1. The zero-order chi connectivity index (χ0) is 16.1. The molecule has 0 bridgehead atoms. The molecule has 1 saturated heterocycles. The monoisotopic (exact) mass is 305 g/mol. The molecule has 1 aromatic rings. The SMILES string of the molecule is CCCc1c(N2CCCC2)cc(C(=O)OCC)c(O)c1CC. The maximum Gasteiger partial charge on any atom is 0.341 e. The first kappa shape index (κ1) is 16.7. The molecule has 0 radical (unpaired) electrons. The number of carbonyl (C=O) groups excluding carboxylic acids is 1. The number of carbonyl (C=O) groups is 1. The van der Waals surface area contributed by atoms with Crippen LogP contribution in [0.3, 0.4) is 0 Å². The lowest BCUT2D eigenvalue weighted by Gasteiger charge is -2.25. The van der Waals surface area contributed by atoms with Crippen molar-refractivity contribution in [3.63, 3.8) is 0 Å². The number of hydrogen-bond donors (Lipinski definition) is 1. The van der Waals surface area contributed by atoms with Gasteiger partial charge in [0.25, 0.3) is 0 Å². The van der Waals surface area contributed by atoms with E-state index in [0.717, 1.165) is 43.6 Å². The van der Waals surface area contributed by atoms with E-state index < -0.39 is 5.97 Å². The summed E-state index contributed by atoms with van der Waals surface area (Å²) < 4.78 is 5.11. The van der Waals surface area contributed by atoms with Crippen molar-refractivity contribution in [3.05, 3.63) is 22.8 Å². The van der Waals surface area contributed by atoms with Crippen LogP contribution in [0.15, 0.2) is 6.07 Å². The second-order valence-electron chi connectivity index (χ2n) is 5.77. The minimum atomic E-state index is -0.432. The number of rotatable bonds is 6. The molecule has 122 valence electrons. The predicted molar refractivity (Wildman–Crippen MR) is 88.9 cm³/mol. The van der Waals surface area contributed by atoms with Crippen LogP contribution >= 0.6 is 0 Å². The van der Waals surface area contributed by atoms with Gasteiger partial charge in [-0.25, -0.2) is 4.79 Å². The second-order valence-corrected chi connectivity index (χ2v) is 5.77. The van der Waals surface area contributed by atoms with Crippen LogP contribution in [0.2, 0.25) is 0 Å². The first-order valence-corrected chi connectivity index (χ1v) is 8.43. The minimum absolute atomic E-state index is 0.104. The molecule has 1 heterocycles. The molecular weight excluding hydrogens is 278 g/mol. The van der Waals surface area contributed by atoms with Crippen molar-refractivity contribution in [2.45, 2.75) is 52.9 Å². The van der Waals surface area contributed by atoms with E-state index in [2.05, 4.69) is 11.8 Å². The molecule has 1 fully saturated rings. The lowest BCUT2D eigenvalue weighted by molar-refractivity contribution is 0.0523. The summed E-state index contributed by atoms with van der Waals surface area (Å²) in [5.41, 5.74) is 3.50. The number of benzene rings is 1. The fourth-order valence-electron chi connectivity index (χ4n) is 3.27. The number of anilines is 1. The summed E-state index contributed by atoms with van der Waals surface area (Å²) >= 11 is 0. The zero-order valence-electron chi connectivity index (χ0n) is 13.9. The highest BCUT2D eigenvalue weighted by atomic mass is 16.5. The summed E-state index contributed by atoms with van der Waals surface area (Å²) in [5, 5.41) is 10.5. The first-order chi connectivity index (χ1) is 10.6. The van der Waals surface area contributed by atoms with E-state index in [1.165, 1.54) is 18.4 Å². The van der Waals surface area contributed by atoms with Gasteiger partial charge in [-0.3, -0.25) is 0 Å². The molecule has 4 heteroatoms. The molecule has 0 amide bonds. The van der Waals surface area contributed by atoms with Gasteiger partial charge in [0.2, 0.25) is 0 Å². The quantitative estimate of drug-likeness (QED) is 0.814. The van der Waals surface area contributed by atoms with Gasteiger partial charge in [-0.1, -0.05) is 20.3 Å². The molecular formula is C18H27NO3. The largest absolute Gasteiger partial charge is 0.507 e. The van der Waals surface area contributed by atoms with Crippen molar-refractivity contribution < 1.29 is 14.6 Å². The van der Waals surface area contributed by atoms with Gasteiger partial charge in [0.15, 0.2) is 0 Å². The Morgan fingerprint density at radius 3 is 2.45 bits per heavy atom. The summed E-state index contributed by atoms with van der Waals surface area (Å²) in [7, 11) is 0. The Morgan fingerprint density at radius 1 is 1.23 bits per heavy atom. The fourth-order valence-corrected chi connectivity index (χ4v) is 3.27. The molecule has 1 N–H and O–H groups in total. The lowest BCUT2D eigenvalue weighted by Crippen LogP contribution is -2.21. The molecule has 0 aliphatic carbocycles. The van der Waals surface area contributed by atoms with Gasteiger partial charge in [0.1, 0.15) is 11.3 Å². The van der Waals surface area contributed by atoms with Crippen LogP contribution in [0.4, 0.5) is 5.69 Å². The Kier molecular flexibility index (Phi) is 5.69. The van der Waals surface area contributed by atoms with E-state index in [-0.39, 0.29) is 5.75 Å². The average molecular weight is 305 g/mol. The van der Waals surface area contributed by atoms with Gasteiger partial charge >= 0.3 is 5.97 Å². The Labute approximate surface area is 133 Å². The van der Waals surface area contributed by atoms with Crippen molar-refractivity contribution >= 4 is 11.7 Å². The van der Waals surface area contributed by atoms with E-state index >= 15 is 0 Å². The molecule has 1 aliphatic heterocycles. The Balaban J connectivity index is 2.56. The van der Waals surface area contributed by atoms with Gasteiger partial charge < -0.3 is 14.7 Å². The molecule has 0 aromatic heterocycles. The highest BCUT2D eigenvalue weighted by molar-refractivity contribution is 5.95. The summed E-state index contributed by atoms with van der Waals surface area (Å²) in [4.78, 5) is 14.5. The molecule has 2 rings (SSSR count). The van der Waals surface area contributed by atoms with Gasteiger partial charge in [0, 0.05) is 18.8 Å². The van der Waals surface area contributed by atoms with Crippen LogP contribution < -0.4 is 4.90 Å². The van der Waals surface area contributed by atoms with Crippen molar-refractivity contribution in [2.24, 2.45) is 0 Å². The van der Waals surface area contributed by atoms with Crippen LogP contribution in [0.5, 0.6) is 5.75 Å². The van der Waals surface area contributed by atoms with Crippen LogP contribution in [0.25, 0.3) is 0 Å². The Morgan fingerprint density at radius 2 is 1.91 bits per heavy atom. The van der Waals surface area contributed by atoms with Crippen LogP contribution in [0.1, 0.15) is 61.5 Å². The van der Waals surface area contributed by atoms with Crippen LogP contribution in [-0.2, 0) is 17.6 Å². The summed E-state index contributed by atoms with van der Waals surface area (Å²) in [6.45, 7) is 8.30. The zero-order valence-corrected chi connectivity index (χ0v) is 13.9. The number of nitrogens with zero attached hydrogens (tertiary/aromatic N) is 1. The molecule has 0 unspecified atom stereocenters. The van der Waals surface area contributed by atoms with Gasteiger partial charge in [-0.15, -0.1) is 0 Å². The molecule has 1 aromatic carbocycles. The molecule has 0 spiro atoms. The number of hydrogen-bond acceptors (Lipinski definition) is 4. The topological polar surface area (TPSA) is 49.8 Å². The number of esters is 1. The minimum Gasteiger partial charge on any atom is -0.507 e. The van der Waals surface area contributed by atoms with Crippen molar-refractivity contribution in [1.29, 1.82) is 0 Å². The van der Waals surface area contributed by atoms with E-state index in [1.54, 1.807) is 6.92 Å². The van der Waals surface area contributed by atoms with E-state index in [1.807, 2.05) is 13.0 Å². The average Bonchev–Trinajstić information content (AvgIpc) is 3.02. The highest BCUT2D eigenvalue weighted by Gasteiger charge is 2.24. The smallest absolute Gasteiger partial charge is 0.341 e. The van der Waals surface area contributed by atoms with E-state index in [0.29, 0.717) is 12.2 Å². The molecule has 0 saturated carbocycles. The molecule has 4 nitrogen and oxygen atoms in total. The second kappa shape index (κ2) is 7.52. The summed E-state index contributed by atoms with van der Waals surface area (Å²) in [6, 6.07) is 1.84. The van der Waals surface area contributed by atoms with Crippen LogP contribution in [0, 0.1) is 0 Å². The number of ether oxygens (including phenoxy) is 1. The highest BCUT2D eigenvalue weighted by Crippen LogP contribution is 2.37. The maximum absolute atomic E-state index is 12.2. The van der Waals surface area contributed by atoms with Gasteiger partial charge in [-0.2, -0.15) is 0 Å². The summed E-state index contributed by atoms with van der Waals surface area (Å²) in [5.74, 6) is -0.328. The normalized spacial score (nSPS) is 14.4. The Hall–Kier alpha value is -1.71. The lowest BCUT2D eigenvalue weighted by atomic mass is 9.94. The third-order valence-electron chi connectivity index (χ3n) is 4.29. The third kappa shape index (κ3) is 3.21. The van der Waals surface area contributed by atoms with Gasteiger partial charge in [-0.05, 0) is 49.8 Å². The number of phenolic OH excluding ortho intramolecular Hbond substituents is 1.